The molecule has 2 N–H and O–H groups in total. The highest BCUT2D eigenvalue weighted by molar-refractivity contribution is 7.13. The van der Waals surface area contributed by atoms with E-state index in [0.717, 1.165) is 11.3 Å². The maximum absolute atomic E-state index is 11.7. The number of carbonyl (C=O) groups is 1. The molecule has 0 radical (unpaired) electrons. The summed E-state index contributed by atoms with van der Waals surface area (Å²) in [7, 11) is 3.48. The Morgan fingerprint density at radius 3 is 2.47 bits per heavy atom. The monoisotopic (exact) mass is 273 g/mol. The van der Waals surface area contributed by atoms with E-state index in [1.807, 2.05) is 41.8 Å². The Kier molecular flexibility index (Phi) is 3.97. The van der Waals surface area contributed by atoms with Crippen LogP contribution in [-0.2, 0) is 0 Å². The molecule has 0 aliphatic rings. The first-order valence-corrected chi connectivity index (χ1v) is 6.65. The highest BCUT2D eigenvalue weighted by atomic mass is 32.1. The summed E-state index contributed by atoms with van der Waals surface area (Å²) < 4.78 is 0. The molecule has 1 aromatic heterocycles. The van der Waals surface area contributed by atoms with E-state index in [1.165, 1.54) is 11.3 Å². The van der Waals surface area contributed by atoms with Crippen molar-refractivity contribution in [3.8, 4) is 0 Å². The molecule has 2 aromatic rings. The Hall–Kier alpha value is -2.14. The van der Waals surface area contributed by atoms with Crippen LogP contribution in [0.25, 0.3) is 12.2 Å². The number of amides is 1. The highest BCUT2D eigenvalue weighted by Crippen LogP contribution is 2.14. The molecule has 19 heavy (non-hydrogen) atoms. The van der Waals surface area contributed by atoms with Gasteiger partial charge in [0.15, 0.2) is 5.13 Å². The minimum absolute atomic E-state index is 0.00260. The fraction of sp³-hybridized carbons (Fsp3) is 0.143. The van der Waals surface area contributed by atoms with Crippen molar-refractivity contribution in [2.75, 3.05) is 19.8 Å². The van der Waals surface area contributed by atoms with Gasteiger partial charge >= 0.3 is 0 Å². The first-order valence-electron chi connectivity index (χ1n) is 5.77. The predicted molar refractivity (Wildman–Crippen MR) is 79.9 cm³/mol. The lowest BCUT2D eigenvalue weighted by Crippen LogP contribution is -2.21. The summed E-state index contributed by atoms with van der Waals surface area (Å²) in [5.74, 6) is 0.00260. The molecule has 0 atom stereocenters. The standard InChI is InChI=1S/C14H15N3OS/c1-17(2)13(18)11-6-3-10(4-7-11)5-8-12-9-19-14(15)16-12/h3-9H,1-2H3,(H2,15,16). The molecule has 0 bridgehead atoms. The van der Waals surface area contributed by atoms with Crippen molar-refractivity contribution in [3.63, 3.8) is 0 Å². The van der Waals surface area contributed by atoms with Crippen molar-refractivity contribution in [1.29, 1.82) is 0 Å². The minimum atomic E-state index is 0.00260. The molecule has 4 nitrogen and oxygen atoms in total. The molecule has 0 aliphatic heterocycles. The van der Waals surface area contributed by atoms with Crippen molar-refractivity contribution >= 4 is 34.5 Å². The van der Waals surface area contributed by atoms with E-state index in [2.05, 4.69) is 4.98 Å². The van der Waals surface area contributed by atoms with Crippen LogP contribution in [0.15, 0.2) is 29.6 Å². The molecule has 1 aromatic carbocycles. The van der Waals surface area contributed by atoms with Crippen LogP contribution in [0.1, 0.15) is 21.6 Å². The van der Waals surface area contributed by atoms with Gasteiger partial charge in [0.25, 0.3) is 5.91 Å². The van der Waals surface area contributed by atoms with E-state index in [9.17, 15) is 4.79 Å². The van der Waals surface area contributed by atoms with Crippen LogP contribution in [0.5, 0.6) is 0 Å². The summed E-state index contributed by atoms with van der Waals surface area (Å²) in [6.45, 7) is 0. The number of hydrogen-bond donors (Lipinski definition) is 1. The zero-order chi connectivity index (χ0) is 13.8. The van der Waals surface area contributed by atoms with E-state index in [1.54, 1.807) is 19.0 Å². The van der Waals surface area contributed by atoms with Crippen molar-refractivity contribution in [3.05, 3.63) is 46.5 Å². The van der Waals surface area contributed by atoms with Gasteiger partial charge in [-0.3, -0.25) is 4.79 Å². The van der Waals surface area contributed by atoms with Gasteiger partial charge in [0, 0.05) is 25.0 Å². The maximum Gasteiger partial charge on any atom is 0.253 e. The van der Waals surface area contributed by atoms with Crippen LogP contribution in [0.2, 0.25) is 0 Å². The lowest BCUT2D eigenvalue weighted by Gasteiger charge is -2.09. The topological polar surface area (TPSA) is 59.2 Å². The predicted octanol–water partition coefficient (Wildman–Crippen LogP) is 2.60. The Balaban J connectivity index is 2.11. The normalized spacial score (nSPS) is 10.8. The first kappa shape index (κ1) is 13.3. The lowest BCUT2D eigenvalue weighted by atomic mass is 10.1. The van der Waals surface area contributed by atoms with Gasteiger partial charge in [-0.1, -0.05) is 18.2 Å². The largest absolute Gasteiger partial charge is 0.375 e. The second kappa shape index (κ2) is 5.67. The summed E-state index contributed by atoms with van der Waals surface area (Å²) in [4.78, 5) is 17.4. The zero-order valence-corrected chi connectivity index (χ0v) is 11.6. The van der Waals surface area contributed by atoms with E-state index in [4.69, 9.17) is 5.73 Å². The average molecular weight is 273 g/mol. The number of anilines is 1. The fourth-order valence-corrected chi connectivity index (χ4v) is 2.08. The summed E-state index contributed by atoms with van der Waals surface area (Å²) in [6.07, 6.45) is 3.84. The molecular formula is C14H15N3OS. The molecule has 0 saturated carbocycles. The average Bonchev–Trinajstić information content (AvgIpc) is 2.82. The number of carbonyl (C=O) groups excluding carboxylic acids is 1. The zero-order valence-electron chi connectivity index (χ0n) is 10.8. The number of benzene rings is 1. The van der Waals surface area contributed by atoms with Gasteiger partial charge in [0.1, 0.15) is 0 Å². The fourth-order valence-electron chi connectivity index (χ4n) is 1.55. The van der Waals surface area contributed by atoms with Gasteiger partial charge in [0.05, 0.1) is 5.69 Å². The van der Waals surface area contributed by atoms with Crippen LogP contribution < -0.4 is 5.73 Å². The van der Waals surface area contributed by atoms with E-state index >= 15 is 0 Å². The molecule has 0 fully saturated rings. The third-order valence-corrected chi connectivity index (χ3v) is 3.24. The van der Waals surface area contributed by atoms with E-state index < -0.39 is 0 Å². The maximum atomic E-state index is 11.7. The third-order valence-electron chi connectivity index (χ3n) is 2.55. The van der Waals surface area contributed by atoms with Crippen LogP contribution in [0, 0.1) is 0 Å². The number of thiazole rings is 1. The molecule has 1 heterocycles. The number of nitrogens with two attached hydrogens (primary N) is 1. The molecule has 5 heteroatoms. The van der Waals surface area contributed by atoms with Crippen LogP contribution in [0.4, 0.5) is 5.13 Å². The Bertz CT molecular complexity index is 599. The van der Waals surface area contributed by atoms with Gasteiger partial charge in [-0.05, 0) is 23.8 Å². The van der Waals surface area contributed by atoms with Crippen LogP contribution >= 0.6 is 11.3 Å². The minimum Gasteiger partial charge on any atom is -0.375 e. The molecule has 2 rings (SSSR count). The summed E-state index contributed by atoms with van der Waals surface area (Å²) in [5.41, 5.74) is 8.10. The Labute approximate surface area is 116 Å². The summed E-state index contributed by atoms with van der Waals surface area (Å²) in [6, 6.07) is 7.45. The lowest BCUT2D eigenvalue weighted by molar-refractivity contribution is 0.0827. The number of rotatable bonds is 3. The molecule has 1 amide bonds. The molecular weight excluding hydrogens is 258 g/mol. The van der Waals surface area contributed by atoms with Crippen molar-refractivity contribution < 1.29 is 4.79 Å². The van der Waals surface area contributed by atoms with Gasteiger partial charge < -0.3 is 10.6 Å². The van der Waals surface area contributed by atoms with Crippen LogP contribution in [0.3, 0.4) is 0 Å². The number of nitrogens with zero attached hydrogens (tertiary/aromatic N) is 2. The van der Waals surface area contributed by atoms with Crippen molar-refractivity contribution in [1.82, 2.24) is 9.88 Å². The Morgan fingerprint density at radius 2 is 1.95 bits per heavy atom. The van der Waals surface area contributed by atoms with Crippen molar-refractivity contribution in [2.24, 2.45) is 0 Å². The van der Waals surface area contributed by atoms with Gasteiger partial charge in [-0.25, -0.2) is 4.98 Å². The second-order valence-electron chi connectivity index (χ2n) is 4.27. The molecule has 0 aliphatic carbocycles. The van der Waals surface area contributed by atoms with Gasteiger partial charge in [-0.2, -0.15) is 0 Å². The van der Waals surface area contributed by atoms with E-state index in [-0.39, 0.29) is 5.91 Å². The number of aromatic nitrogens is 1. The quantitative estimate of drug-likeness (QED) is 0.935. The summed E-state index contributed by atoms with van der Waals surface area (Å²) >= 11 is 1.41. The molecule has 0 spiro atoms. The summed E-state index contributed by atoms with van der Waals surface area (Å²) in [5, 5.41) is 2.46. The molecule has 0 saturated heterocycles. The van der Waals surface area contributed by atoms with Gasteiger partial charge in [-0.15, -0.1) is 11.3 Å². The number of hydrogen-bond acceptors (Lipinski definition) is 4. The Morgan fingerprint density at radius 1 is 1.26 bits per heavy atom. The SMILES string of the molecule is CN(C)C(=O)c1ccc(C=Cc2csc(N)n2)cc1. The van der Waals surface area contributed by atoms with E-state index in [0.29, 0.717) is 10.7 Å². The smallest absolute Gasteiger partial charge is 0.253 e. The van der Waals surface area contributed by atoms with Crippen LogP contribution in [-0.4, -0.2) is 29.9 Å². The van der Waals surface area contributed by atoms with Gasteiger partial charge in [0.2, 0.25) is 0 Å². The first-order chi connectivity index (χ1) is 9.06. The third kappa shape index (κ3) is 3.42. The second-order valence-corrected chi connectivity index (χ2v) is 5.16. The number of nitrogen functional groups attached to an aromatic ring is 1. The molecule has 98 valence electrons. The van der Waals surface area contributed by atoms with Crippen molar-refractivity contribution in [2.45, 2.75) is 0 Å². The molecule has 0 unspecified atom stereocenters. The highest BCUT2D eigenvalue weighted by Gasteiger charge is 2.06.